The number of rotatable bonds is 5. The SMILES string of the molecule is CCCC(N)C(=O)NCc1cc2c([nH]c1=O)CCC2. The number of carbonyl (C=O) groups is 1. The van der Waals surface area contributed by atoms with Crippen LogP contribution in [-0.2, 0) is 24.2 Å². The van der Waals surface area contributed by atoms with Crippen LogP contribution in [0.5, 0.6) is 0 Å². The summed E-state index contributed by atoms with van der Waals surface area (Å²) in [6.07, 6.45) is 4.56. The van der Waals surface area contributed by atoms with Gasteiger partial charge in [-0.15, -0.1) is 0 Å². The predicted molar refractivity (Wildman–Crippen MR) is 73.8 cm³/mol. The third kappa shape index (κ3) is 3.23. The van der Waals surface area contributed by atoms with Gasteiger partial charge < -0.3 is 16.0 Å². The van der Waals surface area contributed by atoms with E-state index in [9.17, 15) is 9.59 Å². The molecule has 0 aliphatic heterocycles. The van der Waals surface area contributed by atoms with E-state index in [4.69, 9.17) is 5.73 Å². The number of hydrogen-bond donors (Lipinski definition) is 3. The fraction of sp³-hybridized carbons (Fsp3) is 0.571. The van der Waals surface area contributed by atoms with Gasteiger partial charge in [-0.2, -0.15) is 0 Å². The molecular weight excluding hydrogens is 242 g/mol. The Kier molecular flexibility index (Phi) is 4.37. The van der Waals surface area contributed by atoms with Crippen LogP contribution in [0.4, 0.5) is 0 Å². The van der Waals surface area contributed by atoms with Gasteiger partial charge in [0.1, 0.15) is 0 Å². The molecule has 5 heteroatoms. The molecule has 0 fully saturated rings. The van der Waals surface area contributed by atoms with E-state index in [2.05, 4.69) is 10.3 Å². The molecule has 1 amide bonds. The fourth-order valence-electron chi connectivity index (χ4n) is 2.45. The number of aromatic amines is 1. The first kappa shape index (κ1) is 13.8. The summed E-state index contributed by atoms with van der Waals surface area (Å²) >= 11 is 0. The lowest BCUT2D eigenvalue weighted by Gasteiger charge is -2.11. The van der Waals surface area contributed by atoms with E-state index < -0.39 is 6.04 Å². The van der Waals surface area contributed by atoms with E-state index in [1.807, 2.05) is 13.0 Å². The van der Waals surface area contributed by atoms with Gasteiger partial charge in [0.05, 0.1) is 6.04 Å². The molecule has 2 rings (SSSR count). The highest BCUT2D eigenvalue weighted by Gasteiger charge is 2.16. The van der Waals surface area contributed by atoms with Crippen LogP contribution in [0, 0.1) is 0 Å². The van der Waals surface area contributed by atoms with Crippen LogP contribution in [0.2, 0.25) is 0 Å². The van der Waals surface area contributed by atoms with Crippen LogP contribution in [0.15, 0.2) is 10.9 Å². The number of aryl methyl sites for hydroxylation is 2. The minimum Gasteiger partial charge on any atom is -0.350 e. The zero-order valence-electron chi connectivity index (χ0n) is 11.3. The second-order valence-corrected chi connectivity index (χ2v) is 5.09. The van der Waals surface area contributed by atoms with Gasteiger partial charge in [0.2, 0.25) is 5.91 Å². The summed E-state index contributed by atoms with van der Waals surface area (Å²) in [6, 6.07) is 1.42. The van der Waals surface area contributed by atoms with Gasteiger partial charge in [0, 0.05) is 17.8 Å². The maximum absolute atomic E-state index is 11.8. The highest BCUT2D eigenvalue weighted by molar-refractivity contribution is 5.81. The van der Waals surface area contributed by atoms with Crippen LogP contribution < -0.4 is 16.6 Å². The Bertz CT molecular complexity index is 522. The average molecular weight is 263 g/mol. The standard InChI is InChI=1S/C14H21N3O2/c1-2-4-11(15)14(19)16-8-10-7-9-5-3-6-12(9)17-13(10)18/h7,11H,2-6,8,15H2,1H3,(H,16,19)(H,17,18). The van der Waals surface area contributed by atoms with Gasteiger partial charge in [0.15, 0.2) is 0 Å². The summed E-state index contributed by atoms with van der Waals surface area (Å²) in [6.45, 7) is 2.23. The van der Waals surface area contributed by atoms with Gasteiger partial charge in [-0.3, -0.25) is 9.59 Å². The lowest BCUT2D eigenvalue weighted by Crippen LogP contribution is -2.40. The largest absolute Gasteiger partial charge is 0.350 e. The van der Waals surface area contributed by atoms with Crippen molar-refractivity contribution in [1.29, 1.82) is 0 Å². The summed E-state index contributed by atoms with van der Waals surface area (Å²) in [5.74, 6) is -0.193. The van der Waals surface area contributed by atoms with Crippen LogP contribution in [0.25, 0.3) is 0 Å². The number of H-pyrrole nitrogens is 1. The number of fused-ring (bicyclic) bond motifs is 1. The molecule has 1 heterocycles. The normalized spacial score (nSPS) is 15.1. The third-order valence-electron chi connectivity index (χ3n) is 3.55. The van der Waals surface area contributed by atoms with Gasteiger partial charge >= 0.3 is 0 Å². The van der Waals surface area contributed by atoms with Gasteiger partial charge in [-0.05, 0) is 37.3 Å². The number of pyridine rings is 1. The van der Waals surface area contributed by atoms with E-state index in [-0.39, 0.29) is 18.0 Å². The first-order valence-electron chi connectivity index (χ1n) is 6.89. The third-order valence-corrected chi connectivity index (χ3v) is 3.55. The van der Waals surface area contributed by atoms with Crippen molar-refractivity contribution in [3.8, 4) is 0 Å². The fourth-order valence-corrected chi connectivity index (χ4v) is 2.45. The molecule has 0 spiro atoms. The lowest BCUT2D eigenvalue weighted by molar-refractivity contribution is -0.122. The summed E-state index contributed by atoms with van der Waals surface area (Å²) < 4.78 is 0. The van der Waals surface area contributed by atoms with Crippen molar-refractivity contribution in [3.05, 3.63) is 33.2 Å². The Morgan fingerprint density at radius 3 is 3.05 bits per heavy atom. The molecule has 1 aromatic heterocycles. The molecule has 0 radical (unpaired) electrons. The Balaban J connectivity index is 2.00. The maximum Gasteiger partial charge on any atom is 0.253 e. The van der Waals surface area contributed by atoms with E-state index >= 15 is 0 Å². The minimum absolute atomic E-state index is 0.106. The smallest absolute Gasteiger partial charge is 0.253 e. The first-order chi connectivity index (χ1) is 9.11. The Labute approximate surface area is 112 Å². The molecule has 1 unspecified atom stereocenters. The predicted octanol–water partition coefficient (Wildman–Crippen LogP) is 0.607. The summed E-state index contributed by atoms with van der Waals surface area (Å²) in [5, 5.41) is 2.73. The summed E-state index contributed by atoms with van der Waals surface area (Å²) in [7, 11) is 0. The quantitative estimate of drug-likeness (QED) is 0.727. The number of hydrogen-bond acceptors (Lipinski definition) is 3. The van der Waals surface area contributed by atoms with E-state index in [0.717, 1.165) is 31.4 Å². The van der Waals surface area contributed by atoms with Crippen molar-refractivity contribution < 1.29 is 4.79 Å². The summed E-state index contributed by atoms with van der Waals surface area (Å²) in [4.78, 5) is 26.4. The Hall–Kier alpha value is -1.62. The molecule has 19 heavy (non-hydrogen) atoms. The number of amides is 1. The number of nitrogens with two attached hydrogens (primary N) is 1. The summed E-state index contributed by atoms with van der Waals surface area (Å²) in [5.41, 5.74) is 8.46. The Morgan fingerprint density at radius 2 is 2.32 bits per heavy atom. The number of nitrogens with one attached hydrogen (secondary N) is 2. The highest BCUT2D eigenvalue weighted by atomic mass is 16.2. The van der Waals surface area contributed by atoms with Crippen molar-refractivity contribution in [1.82, 2.24) is 10.3 Å². The Morgan fingerprint density at radius 1 is 1.53 bits per heavy atom. The van der Waals surface area contributed by atoms with Crippen LogP contribution in [-0.4, -0.2) is 16.9 Å². The average Bonchev–Trinajstić information content (AvgIpc) is 2.82. The molecule has 1 aromatic rings. The lowest BCUT2D eigenvalue weighted by atomic mass is 10.1. The van der Waals surface area contributed by atoms with Crippen molar-refractivity contribution >= 4 is 5.91 Å². The molecule has 0 saturated carbocycles. The van der Waals surface area contributed by atoms with Crippen molar-refractivity contribution in [2.24, 2.45) is 5.73 Å². The molecule has 0 saturated heterocycles. The van der Waals surface area contributed by atoms with Crippen molar-refractivity contribution in [2.75, 3.05) is 0 Å². The first-order valence-corrected chi connectivity index (χ1v) is 6.89. The topological polar surface area (TPSA) is 88.0 Å². The second kappa shape index (κ2) is 6.02. The number of aromatic nitrogens is 1. The molecule has 0 bridgehead atoms. The van der Waals surface area contributed by atoms with E-state index in [1.54, 1.807) is 0 Å². The zero-order chi connectivity index (χ0) is 13.8. The molecule has 0 aromatic carbocycles. The molecule has 5 nitrogen and oxygen atoms in total. The van der Waals surface area contributed by atoms with Crippen LogP contribution in [0.1, 0.15) is 43.0 Å². The van der Waals surface area contributed by atoms with Gasteiger partial charge in [-0.25, -0.2) is 0 Å². The molecule has 1 atom stereocenters. The van der Waals surface area contributed by atoms with Crippen molar-refractivity contribution in [2.45, 2.75) is 51.6 Å². The molecule has 104 valence electrons. The van der Waals surface area contributed by atoms with Gasteiger partial charge in [-0.1, -0.05) is 13.3 Å². The zero-order valence-corrected chi connectivity index (χ0v) is 11.3. The minimum atomic E-state index is -0.487. The molecule has 1 aliphatic carbocycles. The highest BCUT2D eigenvalue weighted by Crippen LogP contribution is 2.18. The molecule has 1 aliphatic rings. The molecule has 4 N–H and O–H groups in total. The van der Waals surface area contributed by atoms with E-state index in [0.29, 0.717) is 12.0 Å². The van der Waals surface area contributed by atoms with Crippen LogP contribution >= 0.6 is 0 Å². The monoisotopic (exact) mass is 263 g/mol. The number of carbonyl (C=O) groups excluding carboxylic acids is 1. The van der Waals surface area contributed by atoms with Crippen molar-refractivity contribution in [3.63, 3.8) is 0 Å². The molecular formula is C14H21N3O2. The second-order valence-electron chi connectivity index (χ2n) is 5.09. The van der Waals surface area contributed by atoms with Gasteiger partial charge in [0.25, 0.3) is 5.56 Å². The van der Waals surface area contributed by atoms with Crippen LogP contribution in [0.3, 0.4) is 0 Å². The maximum atomic E-state index is 11.8. The van der Waals surface area contributed by atoms with E-state index in [1.165, 1.54) is 5.56 Å².